The maximum atomic E-state index is 11.0. The van der Waals surface area contributed by atoms with Crippen LogP contribution in [-0.2, 0) is 12.8 Å². The lowest BCUT2D eigenvalue weighted by Gasteiger charge is -2.17. The van der Waals surface area contributed by atoms with E-state index in [1.165, 1.54) is 28.0 Å². The summed E-state index contributed by atoms with van der Waals surface area (Å²) in [4.78, 5) is 12.6. The summed E-state index contributed by atoms with van der Waals surface area (Å²) in [7, 11) is 1.91. The van der Waals surface area contributed by atoms with Crippen molar-refractivity contribution >= 4 is 23.0 Å². The van der Waals surface area contributed by atoms with E-state index in [9.17, 15) is 4.79 Å². The molecule has 18 heavy (non-hydrogen) atoms. The molecular weight excluding hydrogens is 246 g/mol. The molecule has 1 aliphatic carbocycles. The summed E-state index contributed by atoms with van der Waals surface area (Å²) in [5, 5.41) is 12.2. The van der Waals surface area contributed by atoms with E-state index in [2.05, 4.69) is 17.4 Å². The van der Waals surface area contributed by atoms with Crippen molar-refractivity contribution < 1.29 is 9.90 Å². The zero-order chi connectivity index (χ0) is 12.7. The molecule has 2 aromatic rings. The van der Waals surface area contributed by atoms with E-state index in [4.69, 9.17) is 5.11 Å². The number of anilines is 1. The van der Waals surface area contributed by atoms with Crippen LogP contribution in [0, 0.1) is 0 Å². The molecule has 0 unspecified atom stereocenters. The Morgan fingerprint density at radius 2 is 2.06 bits per heavy atom. The van der Waals surface area contributed by atoms with Crippen LogP contribution < -0.4 is 5.32 Å². The maximum Gasteiger partial charge on any atom is 0.345 e. The third kappa shape index (κ3) is 1.69. The lowest BCUT2D eigenvalue weighted by molar-refractivity contribution is 0.0702. The summed E-state index contributed by atoms with van der Waals surface area (Å²) >= 11 is 1.38. The number of benzene rings is 1. The Morgan fingerprint density at radius 1 is 1.28 bits per heavy atom. The van der Waals surface area contributed by atoms with Gasteiger partial charge in [-0.2, -0.15) is 0 Å². The summed E-state index contributed by atoms with van der Waals surface area (Å²) in [6.07, 6.45) is 1.91. The number of rotatable bonds is 2. The number of aromatic carboxylic acids is 1. The van der Waals surface area contributed by atoms with Crippen LogP contribution in [0.1, 0.15) is 20.8 Å². The van der Waals surface area contributed by atoms with Crippen molar-refractivity contribution in [2.45, 2.75) is 12.8 Å². The number of fused-ring (bicyclic) bond motifs is 3. The predicted molar refractivity (Wildman–Crippen MR) is 73.7 cm³/mol. The van der Waals surface area contributed by atoms with Crippen molar-refractivity contribution in [3.05, 3.63) is 40.3 Å². The molecular formula is C14H13NO2S. The van der Waals surface area contributed by atoms with E-state index in [-0.39, 0.29) is 0 Å². The number of hydrogen-bond acceptors (Lipinski definition) is 3. The van der Waals surface area contributed by atoms with Gasteiger partial charge in [0.1, 0.15) is 4.88 Å². The summed E-state index contributed by atoms with van der Waals surface area (Å²) in [6, 6.07) is 8.09. The van der Waals surface area contributed by atoms with Gasteiger partial charge in [-0.25, -0.2) is 4.79 Å². The number of aryl methyl sites for hydroxylation is 2. The fourth-order valence-corrected chi connectivity index (χ4v) is 3.50. The van der Waals surface area contributed by atoms with Gasteiger partial charge in [0, 0.05) is 17.6 Å². The first-order valence-electron chi connectivity index (χ1n) is 5.86. The molecule has 92 valence electrons. The highest BCUT2D eigenvalue weighted by Crippen LogP contribution is 2.40. The van der Waals surface area contributed by atoms with Gasteiger partial charge in [-0.05, 0) is 47.7 Å². The van der Waals surface area contributed by atoms with Gasteiger partial charge in [-0.1, -0.05) is 6.07 Å². The Balaban J connectivity index is 2.13. The van der Waals surface area contributed by atoms with Crippen molar-refractivity contribution in [3.63, 3.8) is 0 Å². The van der Waals surface area contributed by atoms with E-state index >= 15 is 0 Å². The van der Waals surface area contributed by atoms with Crippen LogP contribution in [0.4, 0.5) is 5.69 Å². The minimum Gasteiger partial charge on any atom is -0.477 e. The highest BCUT2D eigenvalue weighted by molar-refractivity contribution is 7.17. The molecule has 0 atom stereocenters. The second kappa shape index (κ2) is 4.14. The van der Waals surface area contributed by atoms with Crippen LogP contribution in [0.2, 0.25) is 0 Å². The molecule has 0 spiro atoms. The summed E-state index contributed by atoms with van der Waals surface area (Å²) in [5.74, 6) is -0.831. The third-order valence-electron chi connectivity index (χ3n) is 3.32. The van der Waals surface area contributed by atoms with Crippen LogP contribution in [0.25, 0.3) is 10.4 Å². The number of hydrogen-bond donors (Lipinski definition) is 2. The monoisotopic (exact) mass is 259 g/mol. The second-order valence-electron chi connectivity index (χ2n) is 4.39. The Bertz CT molecular complexity index is 631. The average molecular weight is 259 g/mol. The standard InChI is InChI=1S/C14H13NO2S/c1-15-10-4-5-11-8(6-10)2-3-9-7-12(14(16)17)18-13(9)11/h4-7,15H,2-3H2,1H3,(H,16,17). The topological polar surface area (TPSA) is 49.3 Å². The highest BCUT2D eigenvalue weighted by atomic mass is 32.1. The predicted octanol–water partition coefficient (Wildman–Crippen LogP) is 3.25. The molecule has 4 heteroatoms. The van der Waals surface area contributed by atoms with Gasteiger partial charge in [0.05, 0.1) is 0 Å². The van der Waals surface area contributed by atoms with E-state index < -0.39 is 5.97 Å². The van der Waals surface area contributed by atoms with Gasteiger partial charge in [-0.3, -0.25) is 0 Å². The van der Waals surface area contributed by atoms with E-state index in [1.54, 1.807) is 0 Å². The number of carboxylic acid groups (broad SMARTS) is 1. The number of nitrogens with one attached hydrogen (secondary N) is 1. The minimum atomic E-state index is -0.831. The van der Waals surface area contributed by atoms with E-state index in [0.29, 0.717) is 4.88 Å². The van der Waals surface area contributed by atoms with Gasteiger partial charge in [-0.15, -0.1) is 11.3 Å². The van der Waals surface area contributed by atoms with Crippen LogP contribution >= 0.6 is 11.3 Å². The summed E-state index contributed by atoms with van der Waals surface area (Å²) < 4.78 is 0. The van der Waals surface area contributed by atoms with Crippen molar-refractivity contribution in [1.82, 2.24) is 0 Å². The molecule has 1 aromatic carbocycles. The molecule has 1 aliphatic rings. The van der Waals surface area contributed by atoms with Crippen molar-refractivity contribution in [3.8, 4) is 10.4 Å². The molecule has 0 amide bonds. The quantitative estimate of drug-likeness (QED) is 0.870. The summed E-state index contributed by atoms with van der Waals surface area (Å²) in [6.45, 7) is 0. The molecule has 0 saturated carbocycles. The molecule has 0 fully saturated rings. The highest BCUT2D eigenvalue weighted by Gasteiger charge is 2.21. The molecule has 1 heterocycles. The fourth-order valence-electron chi connectivity index (χ4n) is 2.39. The minimum absolute atomic E-state index is 0.436. The van der Waals surface area contributed by atoms with Crippen molar-refractivity contribution in [2.24, 2.45) is 0 Å². The van der Waals surface area contributed by atoms with Gasteiger partial charge in [0.25, 0.3) is 0 Å². The first-order valence-corrected chi connectivity index (χ1v) is 6.67. The molecule has 2 N–H and O–H groups in total. The molecule has 0 aliphatic heterocycles. The Labute approximate surface area is 109 Å². The van der Waals surface area contributed by atoms with Crippen LogP contribution in [0.5, 0.6) is 0 Å². The SMILES string of the molecule is CNc1ccc2c(c1)CCc1cc(C(=O)O)sc1-2. The van der Waals surface area contributed by atoms with Crippen molar-refractivity contribution in [1.29, 1.82) is 0 Å². The van der Waals surface area contributed by atoms with Crippen LogP contribution in [0.15, 0.2) is 24.3 Å². The zero-order valence-electron chi connectivity index (χ0n) is 9.99. The number of carbonyl (C=O) groups is 1. The van der Waals surface area contributed by atoms with Crippen LogP contribution in [0.3, 0.4) is 0 Å². The second-order valence-corrected chi connectivity index (χ2v) is 5.44. The lowest BCUT2D eigenvalue weighted by atomic mass is 9.91. The van der Waals surface area contributed by atoms with Gasteiger partial charge in [0.15, 0.2) is 0 Å². The van der Waals surface area contributed by atoms with E-state index in [1.807, 2.05) is 19.2 Å². The largest absolute Gasteiger partial charge is 0.477 e. The first-order chi connectivity index (χ1) is 8.69. The van der Waals surface area contributed by atoms with Crippen LogP contribution in [-0.4, -0.2) is 18.1 Å². The molecule has 3 rings (SSSR count). The summed E-state index contributed by atoms with van der Waals surface area (Å²) in [5.41, 5.74) is 4.76. The molecule has 0 radical (unpaired) electrons. The number of carboxylic acids is 1. The molecule has 3 nitrogen and oxygen atoms in total. The lowest BCUT2D eigenvalue weighted by Crippen LogP contribution is -2.02. The Kier molecular flexibility index (Phi) is 2.59. The van der Waals surface area contributed by atoms with Gasteiger partial charge in [0.2, 0.25) is 0 Å². The van der Waals surface area contributed by atoms with Gasteiger partial charge < -0.3 is 10.4 Å². The maximum absolute atomic E-state index is 11.0. The smallest absolute Gasteiger partial charge is 0.345 e. The molecule has 1 aromatic heterocycles. The third-order valence-corrected chi connectivity index (χ3v) is 4.52. The molecule has 0 saturated heterocycles. The average Bonchev–Trinajstić information content (AvgIpc) is 2.82. The normalized spacial score (nSPS) is 12.7. The number of thiophene rings is 1. The Hall–Kier alpha value is -1.81. The van der Waals surface area contributed by atoms with Gasteiger partial charge >= 0.3 is 5.97 Å². The zero-order valence-corrected chi connectivity index (χ0v) is 10.8. The first kappa shape index (κ1) is 11.3. The molecule has 0 bridgehead atoms. The van der Waals surface area contributed by atoms with E-state index in [0.717, 1.165) is 23.4 Å². The fraction of sp³-hybridized carbons (Fsp3) is 0.214. The Morgan fingerprint density at radius 3 is 2.78 bits per heavy atom. The van der Waals surface area contributed by atoms with Crippen molar-refractivity contribution in [2.75, 3.05) is 12.4 Å².